The Hall–Kier alpha value is -2.63. The molecule has 28 heavy (non-hydrogen) atoms. The molecule has 0 saturated heterocycles. The smallest absolute Gasteiger partial charge is 0.251 e. The lowest BCUT2D eigenvalue weighted by Gasteiger charge is -2.23. The van der Waals surface area contributed by atoms with Crippen LogP contribution in [-0.4, -0.2) is 38.6 Å². The van der Waals surface area contributed by atoms with E-state index in [-0.39, 0.29) is 11.8 Å². The van der Waals surface area contributed by atoms with Crippen LogP contribution in [-0.2, 0) is 24.8 Å². The number of aromatic nitrogens is 2. The van der Waals surface area contributed by atoms with Gasteiger partial charge in [0.15, 0.2) is 0 Å². The maximum Gasteiger partial charge on any atom is 0.251 e. The van der Waals surface area contributed by atoms with Crippen LogP contribution in [0.2, 0.25) is 0 Å². The van der Waals surface area contributed by atoms with Gasteiger partial charge in [-0.3, -0.25) is 14.3 Å². The highest BCUT2D eigenvalue weighted by atomic mass is 16.2. The Labute approximate surface area is 165 Å². The van der Waals surface area contributed by atoms with Crippen molar-refractivity contribution in [2.75, 3.05) is 0 Å². The van der Waals surface area contributed by atoms with Gasteiger partial charge in [0.2, 0.25) is 5.91 Å². The highest BCUT2D eigenvalue weighted by molar-refractivity contribution is 5.94. The average Bonchev–Trinajstić information content (AvgIpc) is 3.58. The van der Waals surface area contributed by atoms with Gasteiger partial charge < -0.3 is 10.2 Å². The van der Waals surface area contributed by atoms with E-state index in [2.05, 4.69) is 10.4 Å². The molecule has 1 N–H and O–H groups in total. The molecule has 0 aliphatic heterocycles. The van der Waals surface area contributed by atoms with Gasteiger partial charge in [-0.25, -0.2) is 0 Å². The van der Waals surface area contributed by atoms with Gasteiger partial charge >= 0.3 is 0 Å². The summed E-state index contributed by atoms with van der Waals surface area (Å²) in [5.74, 6) is 0.143. The zero-order valence-electron chi connectivity index (χ0n) is 16.9. The van der Waals surface area contributed by atoms with Crippen LogP contribution in [0.5, 0.6) is 0 Å². The molecule has 2 aromatic rings. The van der Waals surface area contributed by atoms with Crippen LogP contribution in [0.25, 0.3) is 0 Å². The van der Waals surface area contributed by atoms with Crippen LogP contribution in [0, 0.1) is 13.8 Å². The van der Waals surface area contributed by atoms with E-state index in [0.717, 1.165) is 48.2 Å². The summed E-state index contributed by atoms with van der Waals surface area (Å²) in [6, 6.07) is 8.34. The lowest BCUT2D eigenvalue weighted by molar-refractivity contribution is -0.131. The number of nitrogens with one attached hydrogen (secondary N) is 1. The third kappa shape index (κ3) is 4.11. The van der Waals surface area contributed by atoms with Crippen molar-refractivity contribution in [2.24, 2.45) is 7.05 Å². The van der Waals surface area contributed by atoms with Crippen LogP contribution in [0.1, 0.15) is 58.6 Å². The molecule has 2 aliphatic rings. The maximum atomic E-state index is 13.0. The minimum Gasteiger partial charge on any atom is -0.349 e. The first-order valence-corrected chi connectivity index (χ1v) is 10.1. The molecule has 1 heterocycles. The van der Waals surface area contributed by atoms with Gasteiger partial charge in [0.1, 0.15) is 0 Å². The molecule has 0 unspecified atom stereocenters. The molecular weight excluding hydrogens is 352 g/mol. The first kappa shape index (κ1) is 18.7. The molecule has 1 aromatic carbocycles. The molecule has 0 radical (unpaired) electrons. The second kappa shape index (κ2) is 7.41. The lowest BCUT2D eigenvalue weighted by Crippen LogP contribution is -2.34. The monoisotopic (exact) mass is 380 g/mol. The van der Waals surface area contributed by atoms with Crippen molar-refractivity contribution < 1.29 is 9.59 Å². The number of rotatable bonds is 7. The molecule has 2 amide bonds. The second-order valence-corrected chi connectivity index (χ2v) is 8.15. The van der Waals surface area contributed by atoms with E-state index in [4.69, 9.17) is 0 Å². The first-order chi connectivity index (χ1) is 13.4. The summed E-state index contributed by atoms with van der Waals surface area (Å²) in [7, 11) is 1.91. The van der Waals surface area contributed by atoms with Crippen molar-refractivity contribution in [1.82, 2.24) is 20.0 Å². The number of aryl methyl sites for hydroxylation is 2. The number of hydrogen-bond donors (Lipinski definition) is 1. The fourth-order valence-corrected chi connectivity index (χ4v) is 3.59. The molecular formula is C22H28N4O2. The Kier molecular flexibility index (Phi) is 4.96. The molecule has 0 bridgehead atoms. The quantitative estimate of drug-likeness (QED) is 0.803. The van der Waals surface area contributed by atoms with Crippen LogP contribution < -0.4 is 5.32 Å². The highest BCUT2D eigenvalue weighted by Crippen LogP contribution is 2.29. The molecule has 6 nitrogen and oxygen atoms in total. The predicted octanol–water partition coefficient (Wildman–Crippen LogP) is 2.66. The summed E-state index contributed by atoms with van der Waals surface area (Å²) < 4.78 is 1.84. The van der Waals surface area contributed by atoms with Gasteiger partial charge in [-0.05, 0) is 57.2 Å². The van der Waals surface area contributed by atoms with Gasteiger partial charge in [-0.15, -0.1) is 0 Å². The molecule has 0 atom stereocenters. The van der Waals surface area contributed by atoms with Gasteiger partial charge in [0.05, 0.1) is 12.1 Å². The summed E-state index contributed by atoms with van der Waals surface area (Å²) in [4.78, 5) is 27.2. The summed E-state index contributed by atoms with van der Waals surface area (Å²) in [6.45, 7) is 4.56. The van der Waals surface area contributed by atoms with Gasteiger partial charge in [0.25, 0.3) is 5.91 Å². The summed E-state index contributed by atoms with van der Waals surface area (Å²) in [6.07, 6.45) is 4.69. The number of nitrogens with zero attached hydrogens (tertiary/aromatic N) is 3. The van der Waals surface area contributed by atoms with E-state index in [9.17, 15) is 9.59 Å². The molecule has 148 valence electrons. The number of carbonyl (C=O) groups is 2. The first-order valence-electron chi connectivity index (χ1n) is 10.1. The van der Waals surface area contributed by atoms with Crippen molar-refractivity contribution in [3.8, 4) is 0 Å². The van der Waals surface area contributed by atoms with Gasteiger partial charge in [0, 0.05) is 42.5 Å². The molecule has 2 saturated carbocycles. The Bertz CT molecular complexity index is 892. The Morgan fingerprint density at radius 3 is 2.36 bits per heavy atom. The number of carbonyl (C=O) groups excluding carboxylic acids is 2. The highest BCUT2D eigenvalue weighted by Gasteiger charge is 2.33. The van der Waals surface area contributed by atoms with Crippen molar-refractivity contribution in [3.05, 3.63) is 52.3 Å². The third-order valence-electron chi connectivity index (χ3n) is 5.78. The molecule has 0 spiro atoms. The van der Waals surface area contributed by atoms with Gasteiger partial charge in [-0.1, -0.05) is 12.1 Å². The van der Waals surface area contributed by atoms with Crippen molar-refractivity contribution in [1.29, 1.82) is 0 Å². The standard InChI is InChI=1S/C22H28N4O2/c1-14-20(15(2)25(3)24-14)12-21(27)26(19-10-11-19)13-16-4-6-17(7-5-16)22(28)23-18-8-9-18/h4-7,18-19H,8-13H2,1-3H3,(H,23,28). The number of hydrogen-bond acceptors (Lipinski definition) is 3. The largest absolute Gasteiger partial charge is 0.349 e. The molecule has 6 heteroatoms. The topological polar surface area (TPSA) is 67.2 Å². The summed E-state index contributed by atoms with van der Waals surface area (Å²) in [5.41, 5.74) is 4.75. The zero-order valence-corrected chi connectivity index (χ0v) is 16.9. The van der Waals surface area contributed by atoms with Gasteiger partial charge in [-0.2, -0.15) is 5.10 Å². The van der Waals surface area contributed by atoms with E-state index in [1.807, 2.05) is 54.7 Å². The molecule has 4 rings (SSSR count). The van der Waals surface area contributed by atoms with Crippen molar-refractivity contribution in [2.45, 2.75) is 64.6 Å². The summed E-state index contributed by atoms with van der Waals surface area (Å²) >= 11 is 0. The molecule has 1 aromatic heterocycles. The van der Waals surface area contributed by atoms with Crippen LogP contribution in [0.3, 0.4) is 0 Å². The second-order valence-electron chi connectivity index (χ2n) is 8.15. The Balaban J connectivity index is 1.43. The normalized spacial score (nSPS) is 16.1. The minimum absolute atomic E-state index is 0.00768. The fourth-order valence-electron chi connectivity index (χ4n) is 3.59. The molecule has 2 aliphatic carbocycles. The average molecular weight is 380 g/mol. The Morgan fingerprint density at radius 2 is 1.82 bits per heavy atom. The number of benzene rings is 1. The van der Waals surface area contributed by atoms with Crippen molar-refractivity contribution in [3.63, 3.8) is 0 Å². The van der Waals surface area contributed by atoms with Crippen LogP contribution in [0.15, 0.2) is 24.3 Å². The van der Waals surface area contributed by atoms with E-state index >= 15 is 0 Å². The van der Waals surface area contributed by atoms with E-state index in [1.165, 1.54) is 0 Å². The SMILES string of the molecule is Cc1nn(C)c(C)c1CC(=O)N(Cc1ccc(C(=O)NC2CC2)cc1)C1CC1. The fraction of sp³-hybridized carbons (Fsp3) is 0.500. The van der Waals surface area contributed by atoms with E-state index in [0.29, 0.717) is 30.6 Å². The Morgan fingerprint density at radius 1 is 1.14 bits per heavy atom. The van der Waals surface area contributed by atoms with Crippen LogP contribution in [0.4, 0.5) is 0 Å². The number of amides is 2. The lowest BCUT2D eigenvalue weighted by atomic mass is 10.1. The third-order valence-corrected chi connectivity index (χ3v) is 5.78. The summed E-state index contributed by atoms with van der Waals surface area (Å²) in [5, 5.41) is 7.43. The molecule has 2 fully saturated rings. The van der Waals surface area contributed by atoms with Crippen LogP contribution >= 0.6 is 0 Å². The minimum atomic E-state index is -0.00768. The van der Waals surface area contributed by atoms with E-state index < -0.39 is 0 Å². The van der Waals surface area contributed by atoms with E-state index in [1.54, 1.807) is 0 Å². The predicted molar refractivity (Wildman–Crippen MR) is 107 cm³/mol. The zero-order chi connectivity index (χ0) is 19.8. The maximum absolute atomic E-state index is 13.0. The van der Waals surface area contributed by atoms with Crippen molar-refractivity contribution >= 4 is 11.8 Å².